The van der Waals surface area contributed by atoms with Crippen molar-refractivity contribution in [3.8, 4) is 12.3 Å². The third-order valence-electron chi connectivity index (χ3n) is 1.99. The molecule has 0 aliphatic carbocycles. The van der Waals surface area contributed by atoms with E-state index in [4.69, 9.17) is 6.42 Å². The summed E-state index contributed by atoms with van der Waals surface area (Å²) in [6.07, 6.45) is 7.45. The summed E-state index contributed by atoms with van der Waals surface area (Å²) in [5.41, 5.74) is 0. The number of carbonyl (C=O) groups excluding carboxylic acids is 2. The zero-order valence-corrected chi connectivity index (χ0v) is 6.80. The predicted molar refractivity (Wildman–Crippen MR) is 43.9 cm³/mol. The molecule has 3 nitrogen and oxygen atoms in total. The van der Waals surface area contributed by atoms with Crippen molar-refractivity contribution in [2.24, 2.45) is 5.92 Å². The van der Waals surface area contributed by atoms with Gasteiger partial charge in [0, 0.05) is 18.8 Å². The molecule has 0 aromatic carbocycles. The largest absolute Gasteiger partial charge is 0.296 e. The van der Waals surface area contributed by atoms with Crippen LogP contribution in [0.25, 0.3) is 0 Å². The molecule has 0 aromatic rings. The zero-order valence-electron chi connectivity index (χ0n) is 6.80. The van der Waals surface area contributed by atoms with Crippen molar-refractivity contribution in [2.75, 3.05) is 0 Å². The number of imide groups is 1. The van der Waals surface area contributed by atoms with E-state index in [9.17, 15) is 9.59 Å². The van der Waals surface area contributed by atoms with Gasteiger partial charge in [-0.05, 0) is 12.8 Å². The van der Waals surface area contributed by atoms with Crippen LogP contribution in [0.1, 0.15) is 25.7 Å². The SMILES string of the molecule is C#CCCC1CCC(=O)NC1=O. The maximum Gasteiger partial charge on any atom is 0.229 e. The van der Waals surface area contributed by atoms with E-state index in [0.29, 0.717) is 25.7 Å². The number of amides is 2. The smallest absolute Gasteiger partial charge is 0.229 e. The number of hydrogen-bond acceptors (Lipinski definition) is 2. The van der Waals surface area contributed by atoms with Gasteiger partial charge in [-0.25, -0.2) is 0 Å². The highest BCUT2D eigenvalue weighted by molar-refractivity contribution is 5.98. The van der Waals surface area contributed by atoms with Gasteiger partial charge in [0.25, 0.3) is 0 Å². The first-order valence-electron chi connectivity index (χ1n) is 4.01. The molecule has 1 aliphatic rings. The fraction of sp³-hybridized carbons (Fsp3) is 0.556. The molecule has 3 heteroatoms. The average Bonchev–Trinajstić information content (AvgIpc) is 2.03. The zero-order chi connectivity index (χ0) is 8.97. The first-order valence-corrected chi connectivity index (χ1v) is 4.01. The topological polar surface area (TPSA) is 46.2 Å². The molecule has 1 heterocycles. The molecular weight excluding hydrogens is 154 g/mol. The van der Waals surface area contributed by atoms with Crippen molar-refractivity contribution in [3.63, 3.8) is 0 Å². The first-order chi connectivity index (χ1) is 5.74. The Morgan fingerprint density at radius 2 is 2.33 bits per heavy atom. The van der Waals surface area contributed by atoms with Gasteiger partial charge in [-0.2, -0.15) is 0 Å². The number of terminal acetylenes is 1. The van der Waals surface area contributed by atoms with E-state index < -0.39 is 0 Å². The number of hydrogen-bond donors (Lipinski definition) is 1. The van der Waals surface area contributed by atoms with Gasteiger partial charge in [0.2, 0.25) is 11.8 Å². The van der Waals surface area contributed by atoms with Crippen molar-refractivity contribution in [2.45, 2.75) is 25.7 Å². The van der Waals surface area contributed by atoms with Crippen LogP contribution >= 0.6 is 0 Å². The maximum absolute atomic E-state index is 11.1. The minimum atomic E-state index is -0.169. The Bertz CT molecular complexity index is 239. The van der Waals surface area contributed by atoms with E-state index >= 15 is 0 Å². The fourth-order valence-corrected chi connectivity index (χ4v) is 1.27. The van der Waals surface area contributed by atoms with E-state index in [1.807, 2.05) is 0 Å². The van der Waals surface area contributed by atoms with Crippen LogP contribution in [0.3, 0.4) is 0 Å². The van der Waals surface area contributed by atoms with Crippen molar-refractivity contribution < 1.29 is 9.59 Å². The van der Waals surface area contributed by atoms with Crippen LogP contribution < -0.4 is 5.32 Å². The van der Waals surface area contributed by atoms with Gasteiger partial charge >= 0.3 is 0 Å². The van der Waals surface area contributed by atoms with Crippen LogP contribution in [0, 0.1) is 18.3 Å². The van der Waals surface area contributed by atoms with E-state index in [2.05, 4.69) is 11.2 Å². The first kappa shape index (κ1) is 8.79. The minimum Gasteiger partial charge on any atom is -0.296 e. The van der Waals surface area contributed by atoms with E-state index in [1.165, 1.54) is 0 Å². The number of nitrogens with one attached hydrogen (secondary N) is 1. The lowest BCUT2D eigenvalue weighted by Gasteiger charge is -2.19. The Balaban J connectivity index is 2.41. The molecule has 1 rings (SSSR count). The molecular formula is C9H11NO2. The lowest BCUT2D eigenvalue weighted by molar-refractivity contribution is -0.136. The Morgan fingerprint density at radius 1 is 1.58 bits per heavy atom. The van der Waals surface area contributed by atoms with Crippen LogP contribution in [-0.2, 0) is 9.59 Å². The number of carbonyl (C=O) groups is 2. The molecule has 0 saturated carbocycles. The number of rotatable bonds is 2. The van der Waals surface area contributed by atoms with Crippen molar-refractivity contribution in [1.82, 2.24) is 5.32 Å². The summed E-state index contributed by atoms with van der Waals surface area (Å²) in [7, 11) is 0. The lowest BCUT2D eigenvalue weighted by atomic mass is 9.94. The third kappa shape index (κ3) is 2.09. The van der Waals surface area contributed by atoms with Gasteiger partial charge < -0.3 is 0 Å². The molecule has 1 N–H and O–H groups in total. The van der Waals surface area contributed by atoms with Crippen molar-refractivity contribution in [3.05, 3.63) is 0 Å². The Hall–Kier alpha value is -1.30. The van der Waals surface area contributed by atoms with Gasteiger partial charge in [-0.3, -0.25) is 14.9 Å². The summed E-state index contributed by atoms with van der Waals surface area (Å²) in [5.74, 6) is 2.09. The molecule has 1 unspecified atom stereocenters. The Morgan fingerprint density at radius 3 is 2.92 bits per heavy atom. The predicted octanol–water partition coefficient (Wildman–Crippen LogP) is 0.453. The molecule has 1 atom stereocenters. The lowest BCUT2D eigenvalue weighted by Crippen LogP contribution is -2.40. The second-order valence-electron chi connectivity index (χ2n) is 2.89. The van der Waals surface area contributed by atoms with Crippen molar-refractivity contribution >= 4 is 11.8 Å². The Labute approximate surface area is 71.5 Å². The van der Waals surface area contributed by atoms with Gasteiger partial charge in [0.15, 0.2) is 0 Å². The van der Waals surface area contributed by atoms with Crippen LogP contribution in [0.5, 0.6) is 0 Å². The highest BCUT2D eigenvalue weighted by Crippen LogP contribution is 2.16. The fourth-order valence-electron chi connectivity index (χ4n) is 1.27. The van der Waals surface area contributed by atoms with Crippen LogP contribution in [0.15, 0.2) is 0 Å². The highest BCUT2D eigenvalue weighted by atomic mass is 16.2. The molecule has 1 aliphatic heterocycles. The maximum atomic E-state index is 11.1. The Kier molecular flexibility index (Phi) is 2.87. The summed E-state index contributed by atoms with van der Waals surface area (Å²) in [4.78, 5) is 21.8. The van der Waals surface area contributed by atoms with Crippen molar-refractivity contribution in [1.29, 1.82) is 0 Å². The van der Waals surface area contributed by atoms with Gasteiger partial charge in [-0.15, -0.1) is 12.3 Å². The molecule has 1 saturated heterocycles. The standard InChI is InChI=1S/C9H11NO2/c1-2-3-4-7-5-6-8(11)10-9(7)12/h1,7H,3-6H2,(H,10,11,12). The van der Waals surface area contributed by atoms with Crippen LogP contribution in [0.2, 0.25) is 0 Å². The monoisotopic (exact) mass is 165 g/mol. The van der Waals surface area contributed by atoms with E-state index in [0.717, 1.165) is 0 Å². The highest BCUT2D eigenvalue weighted by Gasteiger charge is 2.25. The molecule has 12 heavy (non-hydrogen) atoms. The minimum absolute atomic E-state index is 0.0567. The van der Waals surface area contributed by atoms with Gasteiger partial charge in [0.1, 0.15) is 0 Å². The molecule has 64 valence electrons. The van der Waals surface area contributed by atoms with Gasteiger partial charge in [-0.1, -0.05) is 0 Å². The van der Waals surface area contributed by atoms with E-state index in [1.54, 1.807) is 0 Å². The van der Waals surface area contributed by atoms with Gasteiger partial charge in [0.05, 0.1) is 0 Å². The second-order valence-corrected chi connectivity index (χ2v) is 2.89. The summed E-state index contributed by atoms with van der Waals surface area (Å²) in [5, 5.41) is 2.29. The molecule has 0 spiro atoms. The molecule has 0 radical (unpaired) electrons. The van der Waals surface area contributed by atoms with Crippen LogP contribution in [0.4, 0.5) is 0 Å². The second kappa shape index (κ2) is 3.91. The van der Waals surface area contributed by atoms with Crippen LogP contribution in [-0.4, -0.2) is 11.8 Å². The summed E-state index contributed by atoms with van der Waals surface area (Å²) in [6.45, 7) is 0. The third-order valence-corrected chi connectivity index (χ3v) is 1.99. The molecule has 2 amide bonds. The average molecular weight is 165 g/mol. The molecule has 1 fully saturated rings. The summed E-state index contributed by atoms with van der Waals surface area (Å²) >= 11 is 0. The number of piperidine rings is 1. The molecule has 0 aromatic heterocycles. The van der Waals surface area contributed by atoms with E-state index in [-0.39, 0.29) is 17.7 Å². The normalized spacial score (nSPS) is 23.1. The summed E-state index contributed by atoms with van der Waals surface area (Å²) < 4.78 is 0. The summed E-state index contributed by atoms with van der Waals surface area (Å²) in [6, 6.07) is 0. The quantitative estimate of drug-likeness (QED) is 0.477. The molecule has 0 bridgehead atoms.